The van der Waals surface area contributed by atoms with Crippen LogP contribution >= 0.6 is 7.82 Å². The number of halogens is 5. The van der Waals surface area contributed by atoms with E-state index < -0.39 is 68.6 Å². The van der Waals surface area contributed by atoms with Gasteiger partial charge in [0.2, 0.25) is 17.3 Å². The predicted molar refractivity (Wildman–Crippen MR) is 127 cm³/mol. The lowest BCUT2D eigenvalue weighted by Crippen LogP contribution is -2.57. The molecule has 0 saturated carbocycles. The first-order valence-electron chi connectivity index (χ1n) is 11.7. The van der Waals surface area contributed by atoms with Gasteiger partial charge in [-0.3, -0.25) is 19.0 Å². The number of ketones is 1. The molecule has 0 unspecified atom stereocenters. The Morgan fingerprint density at radius 2 is 1.52 bits per heavy atom. The molecule has 0 radical (unpaired) electrons. The van der Waals surface area contributed by atoms with E-state index in [9.17, 15) is 32.4 Å². The molecule has 2 aliphatic rings. The van der Waals surface area contributed by atoms with E-state index in [0.29, 0.717) is 0 Å². The molecule has 1 amide bonds. The number of nitrogens with zero attached hydrogens (tertiary/aromatic N) is 1. The van der Waals surface area contributed by atoms with Crippen LogP contribution in [0.1, 0.15) is 17.5 Å². The molecule has 1 saturated heterocycles. The molecule has 1 N–H and O–H groups in total. The number of aryl methyl sites for hydroxylation is 2. The second-order valence-corrected chi connectivity index (χ2v) is 10.7. The molecule has 0 aliphatic carbocycles. The standard InChI is InChI=1S/C25H23F5NO8P/c1-14-3-7-16(8-4-14)38-40(35,39-17-9-5-15(2)6-10-17)36-13-24(23(27)28)25(29,30)21(34)22(37-24)31-12-18(26)19(32)11-20(31)33/h3-10,12,21-23,34H,11,13H2,1-2H3/t21-,22+,24-/m0/s1. The summed E-state index contributed by atoms with van der Waals surface area (Å²) in [4.78, 5) is 23.7. The molecule has 15 heteroatoms. The van der Waals surface area contributed by atoms with E-state index in [4.69, 9.17) is 18.3 Å². The van der Waals surface area contributed by atoms with Gasteiger partial charge in [0, 0.05) is 6.20 Å². The van der Waals surface area contributed by atoms with Crippen LogP contribution in [-0.2, 0) is 23.4 Å². The molecule has 2 aliphatic heterocycles. The van der Waals surface area contributed by atoms with Gasteiger partial charge in [-0.2, -0.15) is 8.78 Å². The monoisotopic (exact) mass is 591 g/mol. The van der Waals surface area contributed by atoms with Crippen LogP contribution in [0.3, 0.4) is 0 Å². The number of allylic oxidation sites excluding steroid dienone is 1. The van der Waals surface area contributed by atoms with Crippen LogP contribution in [0.15, 0.2) is 60.6 Å². The lowest BCUT2D eigenvalue weighted by atomic mass is 9.95. The largest absolute Gasteiger partial charge is 0.587 e. The molecular formula is C25H23F5NO8P. The Hall–Kier alpha value is -3.32. The summed E-state index contributed by atoms with van der Waals surface area (Å²) in [6.07, 6.45) is -10.7. The molecular weight excluding hydrogens is 568 g/mol. The van der Waals surface area contributed by atoms with Crippen molar-refractivity contribution in [1.29, 1.82) is 0 Å². The molecule has 216 valence electrons. The Labute approximate surface area is 224 Å². The van der Waals surface area contributed by atoms with Gasteiger partial charge in [-0.1, -0.05) is 35.4 Å². The summed E-state index contributed by atoms with van der Waals surface area (Å²) in [6.45, 7) is 1.61. The molecule has 40 heavy (non-hydrogen) atoms. The first-order chi connectivity index (χ1) is 18.7. The Morgan fingerprint density at radius 1 is 1.02 bits per heavy atom. The number of phosphoric acid groups is 1. The summed E-state index contributed by atoms with van der Waals surface area (Å²) in [5.41, 5.74) is -2.46. The maximum atomic E-state index is 15.3. The number of carbonyl (C=O) groups is 2. The van der Waals surface area contributed by atoms with Crippen molar-refractivity contribution in [2.24, 2.45) is 0 Å². The third-order valence-corrected chi connectivity index (χ3v) is 7.51. The maximum Gasteiger partial charge on any atom is 0.587 e. The summed E-state index contributed by atoms with van der Waals surface area (Å²) >= 11 is 0. The summed E-state index contributed by atoms with van der Waals surface area (Å²) in [7, 11) is -5.01. The first kappa shape index (κ1) is 29.7. The molecule has 9 nitrogen and oxygen atoms in total. The topological polar surface area (TPSA) is 112 Å². The molecule has 0 bridgehead atoms. The lowest BCUT2D eigenvalue weighted by molar-refractivity contribution is -0.243. The minimum atomic E-state index is -5.01. The Bertz CT molecular complexity index is 1300. The van der Waals surface area contributed by atoms with Crippen molar-refractivity contribution in [3.8, 4) is 11.5 Å². The van der Waals surface area contributed by atoms with Gasteiger partial charge in [-0.05, 0) is 38.1 Å². The highest BCUT2D eigenvalue weighted by Crippen LogP contribution is 2.55. The van der Waals surface area contributed by atoms with E-state index in [2.05, 4.69) is 0 Å². The highest BCUT2D eigenvalue weighted by Gasteiger charge is 2.74. The highest BCUT2D eigenvalue weighted by molar-refractivity contribution is 7.49. The number of aliphatic hydroxyl groups excluding tert-OH is 1. The van der Waals surface area contributed by atoms with Gasteiger partial charge in [-0.25, -0.2) is 17.7 Å². The molecule has 2 aromatic carbocycles. The van der Waals surface area contributed by atoms with E-state index in [1.807, 2.05) is 0 Å². The summed E-state index contributed by atoms with van der Waals surface area (Å²) in [5.74, 6) is -9.18. The molecule has 0 spiro atoms. The molecule has 2 heterocycles. The molecule has 1 fully saturated rings. The number of hydrogen-bond acceptors (Lipinski definition) is 8. The minimum Gasteiger partial charge on any atom is -0.395 e. The zero-order valence-corrected chi connectivity index (χ0v) is 21.8. The van der Waals surface area contributed by atoms with Crippen molar-refractivity contribution in [3.63, 3.8) is 0 Å². The summed E-state index contributed by atoms with van der Waals surface area (Å²) < 4.78 is 107. The van der Waals surface area contributed by atoms with Gasteiger partial charge in [0.15, 0.2) is 18.2 Å². The number of alkyl halides is 4. The Morgan fingerprint density at radius 3 is 2.00 bits per heavy atom. The number of amides is 1. The molecule has 3 atom stereocenters. The average Bonchev–Trinajstić information content (AvgIpc) is 3.09. The number of hydrogen-bond donors (Lipinski definition) is 1. The SMILES string of the molecule is Cc1ccc(OP(=O)(OC[C@@]2(C(F)F)O[C@@H](N3C=C(F)C(=O)CC3=O)[C@H](O)C2(F)F)Oc2ccc(C)cc2)cc1. The van der Waals surface area contributed by atoms with E-state index >= 15 is 8.78 Å². The van der Waals surface area contributed by atoms with Crippen molar-refractivity contribution in [2.75, 3.05) is 6.61 Å². The zero-order valence-electron chi connectivity index (χ0n) is 20.9. The van der Waals surface area contributed by atoms with Crippen LogP contribution in [0, 0.1) is 13.8 Å². The van der Waals surface area contributed by atoms with Crippen LogP contribution in [-0.4, -0.2) is 58.6 Å². The van der Waals surface area contributed by atoms with Gasteiger partial charge in [0.05, 0.1) is 6.42 Å². The Kier molecular flexibility index (Phi) is 8.10. The number of aliphatic hydroxyl groups is 1. The number of carbonyl (C=O) groups excluding carboxylic acids is 2. The van der Waals surface area contributed by atoms with Gasteiger partial charge < -0.3 is 18.9 Å². The van der Waals surface area contributed by atoms with Crippen LogP contribution in [0.25, 0.3) is 0 Å². The quantitative estimate of drug-likeness (QED) is 0.250. The highest BCUT2D eigenvalue weighted by atomic mass is 31.2. The smallest absolute Gasteiger partial charge is 0.395 e. The predicted octanol–water partition coefficient (Wildman–Crippen LogP) is 4.85. The Balaban J connectivity index is 1.66. The third kappa shape index (κ3) is 5.62. The fourth-order valence-corrected chi connectivity index (χ4v) is 5.14. The van der Waals surface area contributed by atoms with E-state index in [1.165, 1.54) is 24.3 Å². The van der Waals surface area contributed by atoms with E-state index in [-0.39, 0.29) is 22.6 Å². The number of phosphoric ester groups is 1. The summed E-state index contributed by atoms with van der Waals surface area (Å²) in [5, 5.41) is 10.2. The molecule has 2 aromatic rings. The zero-order chi connectivity index (χ0) is 29.5. The number of rotatable bonds is 9. The molecule has 0 aromatic heterocycles. The van der Waals surface area contributed by atoms with Crippen molar-refractivity contribution in [2.45, 2.75) is 50.5 Å². The minimum absolute atomic E-state index is 0.0879. The fraction of sp³-hybridized carbons (Fsp3) is 0.360. The van der Waals surface area contributed by atoms with Crippen LogP contribution in [0.2, 0.25) is 0 Å². The van der Waals surface area contributed by atoms with Crippen molar-refractivity contribution in [1.82, 2.24) is 4.90 Å². The fourth-order valence-electron chi connectivity index (χ4n) is 3.88. The van der Waals surface area contributed by atoms with Gasteiger partial charge in [0.1, 0.15) is 18.1 Å². The van der Waals surface area contributed by atoms with Gasteiger partial charge in [0.25, 0.3) is 6.43 Å². The first-order valence-corrected chi connectivity index (χ1v) is 13.1. The maximum absolute atomic E-state index is 15.3. The summed E-state index contributed by atoms with van der Waals surface area (Å²) in [6, 6.07) is 11.6. The van der Waals surface area contributed by atoms with Crippen LogP contribution < -0.4 is 9.05 Å². The number of ether oxygens (including phenoxy) is 1. The van der Waals surface area contributed by atoms with Crippen molar-refractivity contribution in [3.05, 3.63) is 71.7 Å². The molecule has 4 rings (SSSR count). The third-order valence-electron chi connectivity index (χ3n) is 6.20. The van der Waals surface area contributed by atoms with Crippen molar-refractivity contribution < 1.29 is 59.5 Å². The van der Waals surface area contributed by atoms with Gasteiger partial charge >= 0.3 is 13.7 Å². The second kappa shape index (κ2) is 10.9. The van der Waals surface area contributed by atoms with Gasteiger partial charge in [-0.15, -0.1) is 0 Å². The van der Waals surface area contributed by atoms with Crippen LogP contribution in [0.5, 0.6) is 11.5 Å². The second-order valence-electron chi connectivity index (χ2n) is 9.17. The lowest BCUT2D eigenvalue weighted by Gasteiger charge is -2.34. The number of benzene rings is 2. The van der Waals surface area contributed by atoms with E-state index in [0.717, 1.165) is 11.1 Å². The van der Waals surface area contributed by atoms with Crippen molar-refractivity contribution >= 4 is 19.5 Å². The number of Topliss-reactive ketones (excluding diaryl/α,β-unsaturated/α-hetero) is 1. The normalized spacial score (nSPS) is 24.8. The van der Waals surface area contributed by atoms with E-state index in [1.54, 1.807) is 38.1 Å². The average molecular weight is 591 g/mol. The van der Waals surface area contributed by atoms with Crippen LogP contribution in [0.4, 0.5) is 22.0 Å².